The fourth-order valence-corrected chi connectivity index (χ4v) is 2.55. The third kappa shape index (κ3) is 3.82. The molecule has 0 saturated heterocycles. The van der Waals surface area contributed by atoms with Gasteiger partial charge < -0.3 is 9.64 Å². The average molecular weight is 267 g/mol. The van der Waals surface area contributed by atoms with Crippen molar-refractivity contribution in [1.29, 1.82) is 0 Å². The largest absolute Gasteiger partial charge is 0.445 e. The third-order valence-electron chi connectivity index (χ3n) is 3.56. The summed E-state index contributed by atoms with van der Waals surface area (Å²) in [5.41, 5.74) is -0.275. The number of Topliss-reactive ketones (excluding diaryl/α,β-unsaturated/α-hetero) is 1. The van der Waals surface area contributed by atoms with E-state index in [4.69, 9.17) is 4.74 Å². The Morgan fingerprint density at radius 3 is 2.63 bits per heavy atom. The van der Waals surface area contributed by atoms with Gasteiger partial charge in [-0.05, 0) is 40.5 Å². The molecule has 0 radical (unpaired) electrons. The topological polar surface area (TPSA) is 46.6 Å². The lowest BCUT2D eigenvalue weighted by molar-refractivity contribution is -0.122. The molecule has 2 unspecified atom stereocenters. The normalized spacial score (nSPS) is 23.3. The fourth-order valence-electron chi connectivity index (χ4n) is 2.55. The molecule has 1 amide bonds. The van der Waals surface area contributed by atoms with Crippen molar-refractivity contribution in [1.82, 2.24) is 4.90 Å². The van der Waals surface area contributed by atoms with Crippen LogP contribution in [-0.4, -0.2) is 35.0 Å². The summed E-state index contributed by atoms with van der Waals surface area (Å²) in [6.07, 6.45) is 2.80. The van der Waals surface area contributed by atoms with Crippen molar-refractivity contribution >= 4 is 11.9 Å². The van der Waals surface area contributed by atoms with Crippen molar-refractivity contribution in [3.05, 3.63) is 12.7 Å². The van der Waals surface area contributed by atoms with Crippen molar-refractivity contribution in [3.8, 4) is 0 Å². The standard InChI is InChI=1S/C15H25NO3/c1-6-8-11-12(17)9-10-13(11)19-14(18)16(7-2)15(3,4)5/h6,11,13H,1,7-10H2,2-5H3. The summed E-state index contributed by atoms with van der Waals surface area (Å²) in [6.45, 7) is 12.1. The Balaban J connectivity index is 2.70. The third-order valence-corrected chi connectivity index (χ3v) is 3.56. The molecule has 19 heavy (non-hydrogen) atoms. The predicted molar refractivity (Wildman–Crippen MR) is 74.9 cm³/mol. The molecule has 0 N–H and O–H groups in total. The Labute approximate surface area is 115 Å². The summed E-state index contributed by atoms with van der Waals surface area (Å²) in [5, 5.41) is 0. The highest BCUT2D eigenvalue weighted by Crippen LogP contribution is 2.29. The Hall–Kier alpha value is -1.32. The van der Waals surface area contributed by atoms with Crippen LogP contribution in [0.4, 0.5) is 4.79 Å². The molecule has 0 spiro atoms. The average Bonchev–Trinajstić information content (AvgIpc) is 2.61. The number of nitrogens with zero attached hydrogens (tertiary/aromatic N) is 1. The summed E-state index contributed by atoms with van der Waals surface area (Å²) >= 11 is 0. The summed E-state index contributed by atoms with van der Waals surface area (Å²) in [6, 6.07) is 0. The minimum absolute atomic E-state index is 0.177. The van der Waals surface area contributed by atoms with Crippen molar-refractivity contribution in [2.24, 2.45) is 5.92 Å². The zero-order valence-electron chi connectivity index (χ0n) is 12.4. The highest BCUT2D eigenvalue weighted by atomic mass is 16.6. The minimum Gasteiger partial charge on any atom is -0.445 e. The quantitative estimate of drug-likeness (QED) is 0.735. The van der Waals surface area contributed by atoms with E-state index in [2.05, 4.69) is 6.58 Å². The SMILES string of the molecule is C=CCC1C(=O)CCC1OC(=O)N(CC)C(C)(C)C. The van der Waals surface area contributed by atoms with Crippen LogP contribution in [0.2, 0.25) is 0 Å². The second-order valence-electron chi connectivity index (χ2n) is 5.97. The molecule has 1 aliphatic carbocycles. The molecule has 1 saturated carbocycles. The van der Waals surface area contributed by atoms with Gasteiger partial charge in [-0.2, -0.15) is 0 Å². The Morgan fingerprint density at radius 2 is 2.16 bits per heavy atom. The van der Waals surface area contributed by atoms with Gasteiger partial charge in [0.1, 0.15) is 11.9 Å². The van der Waals surface area contributed by atoms with Gasteiger partial charge in [0.05, 0.1) is 5.92 Å². The first kappa shape index (κ1) is 15.7. The highest BCUT2D eigenvalue weighted by molar-refractivity contribution is 5.84. The molecular formula is C15H25NO3. The van der Waals surface area contributed by atoms with Crippen molar-refractivity contribution in [2.45, 2.75) is 58.6 Å². The number of hydrogen-bond acceptors (Lipinski definition) is 3. The van der Waals surface area contributed by atoms with Crippen molar-refractivity contribution in [3.63, 3.8) is 0 Å². The van der Waals surface area contributed by atoms with Gasteiger partial charge in [-0.25, -0.2) is 4.79 Å². The van der Waals surface area contributed by atoms with E-state index in [0.29, 0.717) is 25.8 Å². The second-order valence-corrected chi connectivity index (χ2v) is 5.97. The first-order chi connectivity index (χ1) is 8.81. The molecule has 0 aromatic carbocycles. The van der Waals surface area contributed by atoms with Crippen molar-refractivity contribution < 1.29 is 14.3 Å². The van der Waals surface area contributed by atoms with Gasteiger partial charge in [-0.3, -0.25) is 4.79 Å². The molecule has 0 aliphatic heterocycles. The Kier molecular flexibility index (Phi) is 5.15. The molecule has 108 valence electrons. The van der Waals surface area contributed by atoms with E-state index in [-0.39, 0.29) is 29.4 Å². The highest BCUT2D eigenvalue weighted by Gasteiger charge is 2.38. The lowest BCUT2D eigenvalue weighted by Crippen LogP contribution is -2.47. The fraction of sp³-hybridized carbons (Fsp3) is 0.733. The van der Waals surface area contributed by atoms with E-state index in [1.54, 1.807) is 11.0 Å². The van der Waals surface area contributed by atoms with Gasteiger partial charge in [-0.1, -0.05) is 6.08 Å². The van der Waals surface area contributed by atoms with Crippen molar-refractivity contribution in [2.75, 3.05) is 6.54 Å². The van der Waals surface area contributed by atoms with Gasteiger partial charge in [0.25, 0.3) is 0 Å². The number of carbonyl (C=O) groups excluding carboxylic acids is 2. The van der Waals surface area contributed by atoms with Gasteiger partial charge in [0.2, 0.25) is 0 Å². The Morgan fingerprint density at radius 1 is 1.53 bits per heavy atom. The lowest BCUT2D eigenvalue weighted by atomic mass is 10.0. The maximum atomic E-state index is 12.2. The predicted octanol–water partition coefficient (Wildman–Crippen LogP) is 3.17. The monoisotopic (exact) mass is 267 g/mol. The van der Waals surface area contributed by atoms with Crippen LogP contribution >= 0.6 is 0 Å². The lowest BCUT2D eigenvalue weighted by Gasteiger charge is -2.35. The van der Waals surface area contributed by atoms with Crippen LogP contribution in [0.25, 0.3) is 0 Å². The molecule has 0 heterocycles. The molecule has 2 atom stereocenters. The van der Waals surface area contributed by atoms with Crippen LogP contribution in [0.5, 0.6) is 0 Å². The minimum atomic E-state index is -0.330. The number of ketones is 1. The zero-order chi connectivity index (χ0) is 14.6. The number of rotatable bonds is 4. The molecule has 0 bridgehead atoms. The zero-order valence-corrected chi connectivity index (χ0v) is 12.4. The molecule has 1 aliphatic rings. The summed E-state index contributed by atoms with van der Waals surface area (Å²) < 4.78 is 5.54. The molecule has 0 aromatic heterocycles. The van der Waals surface area contributed by atoms with E-state index in [0.717, 1.165) is 0 Å². The molecule has 1 fully saturated rings. The van der Waals surface area contributed by atoms with Crippen LogP contribution in [0.1, 0.15) is 47.0 Å². The summed E-state index contributed by atoms with van der Waals surface area (Å²) in [5.74, 6) is -0.0309. The molecule has 4 heteroatoms. The second kappa shape index (κ2) is 6.22. The molecular weight excluding hydrogens is 242 g/mol. The first-order valence-corrected chi connectivity index (χ1v) is 6.93. The van der Waals surface area contributed by atoms with Gasteiger partial charge in [-0.15, -0.1) is 6.58 Å². The van der Waals surface area contributed by atoms with Gasteiger partial charge >= 0.3 is 6.09 Å². The number of amides is 1. The van der Waals surface area contributed by atoms with Crippen LogP contribution in [0.15, 0.2) is 12.7 Å². The van der Waals surface area contributed by atoms with E-state index in [1.165, 1.54) is 0 Å². The van der Waals surface area contributed by atoms with E-state index in [9.17, 15) is 9.59 Å². The van der Waals surface area contributed by atoms with E-state index in [1.807, 2.05) is 27.7 Å². The number of ether oxygens (including phenoxy) is 1. The number of allylic oxidation sites excluding steroid dienone is 1. The van der Waals surface area contributed by atoms with Gasteiger partial charge in [0.15, 0.2) is 0 Å². The maximum absolute atomic E-state index is 12.2. The molecule has 1 rings (SSSR count). The van der Waals surface area contributed by atoms with E-state index < -0.39 is 0 Å². The first-order valence-electron chi connectivity index (χ1n) is 6.93. The number of carbonyl (C=O) groups is 2. The van der Waals surface area contributed by atoms with Crippen LogP contribution in [0.3, 0.4) is 0 Å². The summed E-state index contributed by atoms with van der Waals surface area (Å²) in [7, 11) is 0. The van der Waals surface area contributed by atoms with Crippen LogP contribution < -0.4 is 0 Å². The molecule has 0 aromatic rings. The van der Waals surface area contributed by atoms with Crippen LogP contribution in [-0.2, 0) is 9.53 Å². The van der Waals surface area contributed by atoms with Gasteiger partial charge in [0, 0.05) is 18.5 Å². The summed E-state index contributed by atoms with van der Waals surface area (Å²) in [4.78, 5) is 25.6. The van der Waals surface area contributed by atoms with E-state index >= 15 is 0 Å². The van der Waals surface area contributed by atoms with Crippen LogP contribution in [0, 0.1) is 5.92 Å². The smallest absolute Gasteiger partial charge is 0.410 e. The number of hydrogen-bond donors (Lipinski definition) is 0. The Bertz CT molecular complexity index is 357. The molecule has 4 nitrogen and oxygen atoms in total. The maximum Gasteiger partial charge on any atom is 0.410 e.